The first-order valence-electron chi connectivity index (χ1n) is 10.6. The number of aromatic nitrogens is 2. The van der Waals surface area contributed by atoms with Crippen LogP contribution < -0.4 is 122 Å². The van der Waals surface area contributed by atoms with Crippen LogP contribution in [0.25, 0.3) is 0 Å². The molecule has 43 heavy (non-hydrogen) atoms. The fourth-order valence-corrected chi connectivity index (χ4v) is 1.99. The Morgan fingerprint density at radius 1 is 0.442 bits per heavy atom. The van der Waals surface area contributed by atoms with E-state index in [0.29, 0.717) is 0 Å². The van der Waals surface area contributed by atoms with Crippen molar-refractivity contribution in [1.29, 1.82) is 0 Å². The number of pyridine rings is 2. The molecule has 0 spiro atoms. The van der Waals surface area contributed by atoms with Crippen molar-refractivity contribution in [1.82, 2.24) is 34.6 Å². The van der Waals surface area contributed by atoms with E-state index in [1.807, 2.05) is 0 Å². The van der Waals surface area contributed by atoms with Crippen LogP contribution in [-0.2, 0) is 63.2 Å². The molecule has 2 aromatic rings. The van der Waals surface area contributed by atoms with Crippen molar-refractivity contribution in [3.8, 4) is 11.5 Å². The number of halogens is 6. The molecule has 0 saturated heterocycles. The van der Waals surface area contributed by atoms with Gasteiger partial charge in [-0.25, -0.2) is 0 Å². The summed E-state index contributed by atoms with van der Waals surface area (Å²) < 4.78 is 0. The van der Waals surface area contributed by atoms with Gasteiger partial charge in [0.2, 0.25) is 0 Å². The van der Waals surface area contributed by atoms with E-state index >= 15 is 0 Å². The van der Waals surface area contributed by atoms with Crippen LogP contribution in [0.5, 0.6) is 11.5 Å². The fourth-order valence-electron chi connectivity index (χ4n) is 1.99. The molecular formula is C22H54Cl6N10O2Pt3. The van der Waals surface area contributed by atoms with Crippen LogP contribution in [-0.4, -0.2) is 46.4 Å². The van der Waals surface area contributed by atoms with E-state index in [4.69, 9.17) is 33.1 Å². The molecule has 0 saturated carbocycles. The minimum Gasteiger partial charge on any atom is -1.00 e. The van der Waals surface area contributed by atoms with Gasteiger partial charge in [0.15, 0.2) is 0 Å². The third-order valence-corrected chi connectivity index (χ3v) is 3.61. The Balaban J connectivity index is -0.0000000170. The van der Waals surface area contributed by atoms with Crippen LogP contribution in [0.15, 0.2) is 49.1 Å². The second kappa shape index (κ2) is 90.3. The van der Waals surface area contributed by atoms with E-state index in [1.165, 1.54) is 38.1 Å². The summed E-state index contributed by atoms with van der Waals surface area (Å²) in [6.45, 7) is 3.30. The van der Waals surface area contributed by atoms with Crippen molar-refractivity contribution in [3.63, 3.8) is 0 Å². The minimum absolute atomic E-state index is 0. The second-order valence-corrected chi connectivity index (χ2v) is 6.41. The number of rotatable bonds is 10. The van der Waals surface area contributed by atoms with Crippen LogP contribution in [0.3, 0.4) is 0 Å². The van der Waals surface area contributed by atoms with E-state index in [0.717, 1.165) is 51.9 Å². The number of hydrogen-bond donors (Lipinski definition) is 10. The average Bonchev–Trinajstić information content (AvgIpc) is 2.77. The standard InChI is InChI=1S/2C6H16N2.2C5H5NO.6ClH.4H3N.3Pt/c2*7-5-3-1-2-4-6-8;2*7-5-2-1-3-6-4-5;;;;;;;;;;;;;/h2*1-8H2;2*1-4,7H;6*1H;4*1H3;;;/q;;;;;;;;;;;;;;3*+2/p-6. The molecule has 0 bridgehead atoms. The molecule has 0 aromatic carbocycles. The molecule has 0 aliphatic heterocycles. The zero-order valence-corrected chi connectivity index (χ0v) is 35.6. The van der Waals surface area contributed by atoms with Gasteiger partial charge in [0.25, 0.3) is 0 Å². The Morgan fingerprint density at radius 2 is 0.651 bits per heavy atom. The molecule has 2 heterocycles. The summed E-state index contributed by atoms with van der Waals surface area (Å²) in [6.07, 6.45) is 15.6. The molecule has 2 rings (SSSR count). The number of hydrogen-bond acceptors (Lipinski definition) is 12. The summed E-state index contributed by atoms with van der Waals surface area (Å²) in [4.78, 5) is 7.27. The van der Waals surface area contributed by atoms with Crippen LogP contribution in [0, 0.1) is 0 Å². The first-order valence-corrected chi connectivity index (χ1v) is 10.6. The Bertz CT molecular complexity index is 518. The third kappa shape index (κ3) is 99.1. The summed E-state index contributed by atoms with van der Waals surface area (Å²) in [5, 5.41) is 17.1. The maximum absolute atomic E-state index is 8.57. The van der Waals surface area contributed by atoms with Gasteiger partial charge >= 0.3 is 63.2 Å². The topological polar surface area (TPSA) is 310 Å². The van der Waals surface area contributed by atoms with Crippen LogP contribution in [0.2, 0.25) is 0 Å². The summed E-state index contributed by atoms with van der Waals surface area (Å²) >= 11 is 0. The Morgan fingerprint density at radius 3 is 0.744 bits per heavy atom. The van der Waals surface area contributed by atoms with Crippen molar-refractivity contribution in [2.24, 2.45) is 22.9 Å². The first-order chi connectivity index (χ1) is 14.6. The normalized spacial score (nSPS) is 6.42. The Labute approximate surface area is 340 Å². The molecule has 0 amide bonds. The summed E-state index contributed by atoms with van der Waals surface area (Å²) in [6, 6.07) is 6.50. The van der Waals surface area contributed by atoms with Gasteiger partial charge in [-0.15, -0.1) is 0 Å². The van der Waals surface area contributed by atoms with Gasteiger partial charge in [0.05, 0.1) is 12.4 Å². The Hall–Kier alpha value is 1.38. The maximum atomic E-state index is 8.57. The number of unbranched alkanes of at least 4 members (excludes halogenated alkanes) is 6. The van der Waals surface area contributed by atoms with Gasteiger partial charge in [-0.05, 0) is 76.1 Å². The van der Waals surface area contributed by atoms with Crippen molar-refractivity contribution in [2.75, 3.05) is 26.2 Å². The van der Waals surface area contributed by atoms with Gasteiger partial charge in [0.1, 0.15) is 11.5 Å². The molecule has 22 N–H and O–H groups in total. The first kappa shape index (κ1) is 96.8. The monoisotopic (exact) mass is 1290 g/mol. The molecule has 21 heteroatoms. The SMILES string of the molecule is N.N.N.N.NCCCCCCN.NCCCCCCN.Oc1cccnc1.Oc1cccnc1.[Cl-].[Cl-].[Cl-].[Cl-].[Cl-].[Cl-].[Pt+2].[Pt+2].[Pt+2]. The van der Waals surface area contributed by atoms with Crippen LogP contribution >= 0.6 is 0 Å². The maximum Gasteiger partial charge on any atom is 2.00 e. The third-order valence-electron chi connectivity index (χ3n) is 3.61. The van der Waals surface area contributed by atoms with Crippen molar-refractivity contribution in [3.05, 3.63) is 49.1 Å². The molecular weight excluding hydrogens is 1230 g/mol. The number of nitrogens with two attached hydrogens (primary N) is 4. The second-order valence-electron chi connectivity index (χ2n) is 6.41. The molecule has 0 atom stereocenters. The van der Waals surface area contributed by atoms with Crippen LogP contribution in [0.4, 0.5) is 0 Å². The van der Waals surface area contributed by atoms with E-state index in [1.54, 1.807) is 36.7 Å². The van der Waals surface area contributed by atoms with Gasteiger partial charge in [0, 0.05) is 12.4 Å². The zero-order valence-electron chi connectivity index (χ0n) is 24.2. The molecule has 276 valence electrons. The summed E-state index contributed by atoms with van der Waals surface area (Å²) in [5.74, 6) is 0.421. The smallest absolute Gasteiger partial charge is 1.00 e. The van der Waals surface area contributed by atoms with E-state index in [9.17, 15) is 0 Å². The zero-order chi connectivity index (χ0) is 22.7. The molecule has 12 nitrogen and oxygen atoms in total. The predicted octanol–water partition coefficient (Wildman–Crippen LogP) is -14.8. The molecule has 0 aliphatic carbocycles. The molecule has 2 aromatic heterocycles. The quantitative estimate of drug-likeness (QED) is 0.0993. The van der Waals surface area contributed by atoms with Crippen molar-refractivity contribution < 1.29 is 148 Å². The van der Waals surface area contributed by atoms with Gasteiger partial charge in [-0.2, -0.15) is 0 Å². The number of aromatic hydroxyl groups is 2. The van der Waals surface area contributed by atoms with Crippen LogP contribution in [0.1, 0.15) is 51.4 Å². The van der Waals surface area contributed by atoms with E-state index in [2.05, 4.69) is 9.97 Å². The van der Waals surface area contributed by atoms with Crippen molar-refractivity contribution >= 4 is 0 Å². The van der Waals surface area contributed by atoms with E-state index in [-0.39, 0.29) is 174 Å². The average molecular weight is 1290 g/mol. The summed E-state index contributed by atoms with van der Waals surface area (Å²) in [5.41, 5.74) is 21.1. The molecule has 0 fully saturated rings. The van der Waals surface area contributed by atoms with Gasteiger partial charge < -0.3 is 132 Å². The largest absolute Gasteiger partial charge is 2.00 e. The molecule has 0 unspecified atom stereocenters. The number of nitrogens with zero attached hydrogens (tertiary/aromatic N) is 2. The predicted molar refractivity (Wildman–Crippen MR) is 145 cm³/mol. The fraction of sp³-hybridized carbons (Fsp3) is 0.545. The Kier molecular flexibility index (Phi) is 203. The van der Waals surface area contributed by atoms with Gasteiger partial charge in [-0.1, -0.05) is 25.7 Å². The molecule has 0 aliphatic rings. The summed E-state index contributed by atoms with van der Waals surface area (Å²) in [7, 11) is 0. The van der Waals surface area contributed by atoms with Gasteiger partial charge in [-0.3, -0.25) is 9.97 Å². The van der Waals surface area contributed by atoms with E-state index < -0.39 is 0 Å². The minimum atomic E-state index is 0. The molecule has 0 radical (unpaired) electrons. The van der Waals surface area contributed by atoms with Crippen molar-refractivity contribution in [2.45, 2.75) is 51.4 Å².